The summed E-state index contributed by atoms with van der Waals surface area (Å²) in [5, 5.41) is 2.05. The van der Waals surface area contributed by atoms with Gasteiger partial charge in [0.25, 0.3) is 5.91 Å². The summed E-state index contributed by atoms with van der Waals surface area (Å²) in [6, 6.07) is 12.6. The molecule has 0 fully saturated rings. The lowest BCUT2D eigenvalue weighted by atomic mass is 10.2. The molecule has 0 atom stereocenters. The van der Waals surface area contributed by atoms with Crippen molar-refractivity contribution < 1.29 is 4.79 Å². The molecule has 0 saturated heterocycles. The molecule has 1 aromatic heterocycles. The van der Waals surface area contributed by atoms with E-state index in [0.717, 1.165) is 14.5 Å². The summed E-state index contributed by atoms with van der Waals surface area (Å²) in [4.78, 5) is 12.6. The smallest absolute Gasteiger partial charge is 0.262 e. The number of carbonyl (C=O) groups is 1. The molecule has 0 N–H and O–H groups in total. The van der Waals surface area contributed by atoms with Gasteiger partial charge in [0.1, 0.15) is 0 Å². The highest BCUT2D eigenvalue weighted by molar-refractivity contribution is 14.1. The molecule has 100 valence electrons. The van der Waals surface area contributed by atoms with Gasteiger partial charge in [0, 0.05) is 25.7 Å². The Morgan fingerprint density at radius 1 is 1.05 bits per heavy atom. The molecule has 0 saturated carbocycles. The molecule has 5 heteroatoms. The highest BCUT2D eigenvalue weighted by Gasteiger charge is 2.16. The third-order valence-corrected chi connectivity index (χ3v) is 4.46. The molecular weight excluding hydrogens is 408 g/mol. The van der Waals surface area contributed by atoms with E-state index in [9.17, 15) is 4.79 Å². The van der Waals surface area contributed by atoms with Gasteiger partial charge in [0.2, 0.25) is 0 Å². The van der Waals surface area contributed by atoms with Crippen molar-refractivity contribution in [2.24, 2.45) is 0 Å². The van der Waals surface area contributed by atoms with Crippen LogP contribution in [0.15, 0.2) is 48.7 Å². The van der Waals surface area contributed by atoms with Gasteiger partial charge in [-0.25, -0.2) is 0 Å². The van der Waals surface area contributed by atoms with Crippen molar-refractivity contribution in [2.45, 2.75) is 0 Å². The molecule has 0 aliphatic carbocycles. The van der Waals surface area contributed by atoms with Gasteiger partial charge in [-0.3, -0.25) is 9.36 Å². The fraction of sp³-hybridized carbons (Fsp3) is 0. The molecule has 1 heterocycles. The molecule has 2 nitrogen and oxygen atoms in total. The second-order valence-corrected chi connectivity index (χ2v) is 6.30. The number of fused-ring (bicyclic) bond motifs is 1. The summed E-state index contributed by atoms with van der Waals surface area (Å²) in [5.74, 6) is -0.123. The van der Waals surface area contributed by atoms with E-state index in [0.29, 0.717) is 15.6 Å². The minimum atomic E-state index is -0.123. The first-order chi connectivity index (χ1) is 9.58. The van der Waals surface area contributed by atoms with Crippen LogP contribution in [0.3, 0.4) is 0 Å². The summed E-state index contributed by atoms with van der Waals surface area (Å²) in [6.07, 6.45) is 1.66. The van der Waals surface area contributed by atoms with Gasteiger partial charge in [0.05, 0.1) is 10.5 Å². The minimum Gasteiger partial charge on any atom is -0.281 e. The minimum absolute atomic E-state index is 0.123. The molecule has 2 aromatic carbocycles. The molecule has 0 radical (unpaired) electrons. The molecule has 3 aromatic rings. The summed E-state index contributed by atoms with van der Waals surface area (Å²) in [6.45, 7) is 0. The van der Waals surface area contributed by atoms with Gasteiger partial charge >= 0.3 is 0 Å². The summed E-state index contributed by atoms with van der Waals surface area (Å²) < 4.78 is 2.57. The van der Waals surface area contributed by atoms with Crippen molar-refractivity contribution in [3.8, 4) is 0 Å². The Bertz CT molecular complexity index is 809. The lowest BCUT2D eigenvalue weighted by Gasteiger charge is -2.05. The highest BCUT2D eigenvalue weighted by atomic mass is 127. The van der Waals surface area contributed by atoms with Crippen molar-refractivity contribution in [3.63, 3.8) is 0 Å². The van der Waals surface area contributed by atoms with Crippen LogP contribution in [-0.2, 0) is 0 Å². The van der Waals surface area contributed by atoms with E-state index in [-0.39, 0.29) is 5.91 Å². The molecule has 20 heavy (non-hydrogen) atoms. The lowest BCUT2D eigenvalue weighted by molar-refractivity contribution is 0.0965. The Morgan fingerprint density at radius 2 is 1.75 bits per heavy atom. The van der Waals surface area contributed by atoms with Gasteiger partial charge in [0.15, 0.2) is 0 Å². The number of carbonyl (C=O) groups excluding carboxylic acids is 1. The molecule has 0 aliphatic heterocycles. The van der Waals surface area contributed by atoms with Gasteiger partial charge in [-0.1, -0.05) is 35.3 Å². The van der Waals surface area contributed by atoms with E-state index in [1.165, 1.54) is 0 Å². The second-order valence-electron chi connectivity index (χ2n) is 4.30. The Labute approximate surface area is 139 Å². The quantitative estimate of drug-likeness (QED) is 0.498. The normalized spacial score (nSPS) is 10.9. The van der Waals surface area contributed by atoms with Crippen LogP contribution < -0.4 is 0 Å². The average Bonchev–Trinajstić information content (AvgIpc) is 2.78. The van der Waals surface area contributed by atoms with Crippen LogP contribution in [0.1, 0.15) is 10.4 Å². The maximum atomic E-state index is 12.6. The third kappa shape index (κ3) is 2.34. The molecule has 0 amide bonds. The zero-order valence-corrected chi connectivity index (χ0v) is 13.8. The van der Waals surface area contributed by atoms with E-state index in [1.54, 1.807) is 35.0 Å². The lowest BCUT2D eigenvalue weighted by Crippen LogP contribution is -2.11. The van der Waals surface area contributed by atoms with Crippen LogP contribution in [0, 0.1) is 3.57 Å². The van der Waals surface area contributed by atoms with Crippen LogP contribution in [0.4, 0.5) is 0 Å². The van der Waals surface area contributed by atoms with E-state index in [4.69, 9.17) is 23.2 Å². The fourth-order valence-electron chi connectivity index (χ4n) is 2.09. The van der Waals surface area contributed by atoms with Crippen molar-refractivity contribution in [1.82, 2.24) is 4.57 Å². The van der Waals surface area contributed by atoms with Crippen LogP contribution in [0.25, 0.3) is 10.9 Å². The first kappa shape index (κ1) is 13.9. The number of hydrogen-bond donors (Lipinski definition) is 0. The highest BCUT2D eigenvalue weighted by Crippen LogP contribution is 2.30. The summed E-state index contributed by atoms with van der Waals surface area (Å²) in [7, 11) is 0. The molecule has 0 aliphatic rings. The van der Waals surface area contributed by atoms with Crippen molar-refractivity contribution in [3.05, 3.63) is 67.8 Å². The monoisotopic (exact) mass is 415 g/mol. The standard InChI is InChI=1S/C15H8Cl2INO/c16-10-6-4-9(5-7-10)15(20)19-8-12(17)11-2-1-3-13(18)14(11)19/h1-8H. The van der Waals surface area contributed by atoms with Gasteiger partial charge in [-0.15, -0.1) is 0 Å². The van der Waals surface area contributed by atoms with Crippen LogP contribution in [0.5, 0.6) is 0 Å². The molecule has 3 rings (SSSR count). The zero-order valence-electron chi connectivity index (χ0n) is 10.1. The maximum absolute atomic E-state index is 12.6. The number of nitrogens with zero attached hydrogens (tertiary/aromatic N) is 1. The van der Waals surface area contributed by atoms with E-state index < -0.39 is 0 Å². The van der Waals surface area contributed by atoms with Gasteiger partial charge < -0.3 is 0 Å². The average molecular weight is 416 g/mol. The molecular formula is C15H8Cl2INO. The van der Waals surface area contributed by atoms with E-state index in [2.05, 4.69) is 22.6 Å². The zero-order chi connectivity index (χ0) is 14.3. The van der Waals surface area contributed by atoms with Crippen molar-refractivity contribution >= 4 is 62.6 Å². The molecule has 0 spiro atoms. The van der Waals surface area contributed by atoms with Gasteiger partial charge in [-0.05, 0) is 52.9 Å². The Hall–Kier alpha value is -1.04. The van der Waals surface area contributed by atoms with Crippen molar-refractivity contribution in [1.29, 1.82) is 0 Å². The number of hydrogen-bond acceptors (Lipinski definition) is 1. The molecule has 0 bridgehead atoms. The number of benzene rings is 2. The SMILES string of the molecule is O=C(c1ccc(Cl)cc1)n1cc(Cl)c2cccc(I)c21. The van der Waals surface area contributed by atoms with E-state index in [1.807, 2.05) is 18.2 Å². The first-order valence-electron chi connectivity index (χ1n) is 5.83. The third-order valence-electron chi connectivity index (χ3n) is 3.04. The summed E-state index contributed by atoms with van der Waals surface area (Å²) >= 11 is 14.3. The number of para-hydroxylation sites is 1. The predicted molar refractivity (Wildman–Crippen MR) is 90.8 cm³/mol. The topological polar surface area (TPSA) is 22.0 Å². The fourth-order valence-corrected chi connectivity index (χ4v) is 3.23. The van der Waals surface area contributed by atoms with Crippen LogP contribution in [0.2, 0.25) is 10.0 Å². The Morgan fingerprint density at radius 3 is 2.45 bits per heavy atom. The van der Waals surface area contributed by atoms with Crippen LogP contribution >= 0.6 is 45.8 Å². The maximum Gasteiger partial charge on any atom is 0.262 e. The first-order valence-corrected chi connectivity index (χ1v) is 7.67. The molecule has 0 unspecified atom stereocenters. The largest absolute Gasteiger partial charge is 0.281 e. The number of aromatic nitrogens is 1. The predicted octanol–water partition coefficient (Wildman–Crippen LogP) is 5.24. The van der Waals surface area contributed by atoms with E-state index >= 15 is 0 Å². The Balaban J connectivity index is 2.19. The number of rotatable bonds is 1. The second kappa shape index (κ2) is 5.39. The van der Waals surface area contributed by atoms with Crippen LogP contribution in [-0.4, -0.2) is 10.5 Å². The Kier molecular flexibility index (Phi) is 3.75. The van der Waals surface area contributed by atoms with Gasteiger partial charge in [-0.2, -0.15) is 0 Å². The number of halogens is 3. The van der Waals surface area contributed by atoms with Crippen molar-refractivity contribution in [2.75, 3.05) is 0 Å². The summed E-state index contributed by atoms with van der Waals surface area (Å²) in [5.41, 5.74) is 1.40.